The highest BCUT2D eigenvalue weighted by molar-refractivity contribution is 9.28. The van der Waals surface area contributed by atoms with Gasteiger partial charge >= 0.3 is 0 Å². The predicted molar refractivity (Wildman–Crippen MR) is 76.0 cm³/mol. The Labute approximate surface area is 114 Å². The Bertz CT molecular complexity index is 331. The molecule has 0 saturated carbocycles. The first-order chi connectivity index (χ1) is 7.63. The first kappa shape index (κ1) is 13.9. The summed E-state index contributed by atoms with van der Waals surface area (Å²) in [6.07, 6.45) is 3.24. The van der Waals surface area contributed by atoms with Crippen LogP contribution in [-0.4, -0.2) is 13.2 Å². The molecule has 1 rings (SSSR count). The number of rotatable bonds is 5. The lowest BCUT2D eigenvalue weighted by atomic mass is 9.98. The molecular formula is C13H16Br2O. The summed E-state index contributed by atoms with van der Waals surface area (Å²) in [5, 5.41) is 0. The van der Waals surface area contributed by atoms with Gasteiger partial charge in [0, 0.05) is 13.0 Å². The maximum absolute atomic E-state index is 5.53. The minimum Gasteiger partial charge on any atom is -0.381 e. The van der Waals surface area contributed by atoms with Crippen molar-refractivity contribution < 1.29 is 4.74 Å². The lowest BCUT2D eigenvalue weighted by Gasteiger charge is -2.20. The van der Waals surface area contributed by atoms with Crippen molar-refractivity contribution in [3.63, 3.8) is 0 Å². The van der Waals surface area contributed by atoms with Gasteiger partial charge in [0.05, 0.1) is 9.50 Å². The van der Waals surface area contributed by atoms with Crippen LogP contribution in [0.15, 0.2) is 39.8 Å². The third kappa shape index (κ3) is 4.81. The van der Waals surface area contributed by atoms with Crippen molar-refractivity contribution >= 4 is 31.9 Å². The van der Waals surface area contributed by atoms with Gasteiger partial charge in [0.1, 0.15) is 0 Å². The third-order valence-corrected chi connectivity index (χ3v) is 3.09. The van der Waals surface area contributed by atoms with Crippen molar-refractivity contribution in [3.05, 3.63) is 45.4 Å². The molecule has 0 N–H and O–H groups in total. The number of benzene rings is 1. The van der Waals surface area contributed by atoms with Crippen LogP contribution in [-0.2, 0) is 11.2 Å². The van der Waals surface area contributed by atoms with E-state index in [1.807, 2.05) is 6.07 Å². The molecule has 0 heterocycles. The second-order valence-corrected chi connectivity index (χ2v) is 6.55. The van der Waals surface area contributed by atoms with Crippen LogP contribution >= 0.6 is 31.9 Å². The number of ether oxygens (including phenoxy) is 1. The van der Waals surface area contributed by atoms with E-state index < -0.39 is 0 Å². The summed E-state index contributed by atoms with van der Waals surface area (Å²) in [4.78, 5) is 0. The van der Waals surface area contributed by atoms with Gasteiger partial charge in [-0.15, -0.1) is 0 Å². The molecule has 0 radical (unpaired) electrons. The molecule has 1 aromatic rings. The van der Waals surface area contributed by atoms with Gasteiger partial charge in [0.25, 0.3) is 0 Å². The molecule has 0 aliphatic heterocycles. The topological polar surface area (TPSA) is 9.23 Å². The Kier molecular flexibility index (Phi) is 6.32. The van der Waals surface area contributed by atoms with E-state index in [2.05, 4.69) is 69.1 Å². The maximum Gasteiger partial charge on any atom is 0.0672 e. The van der Waals surface area contributed by atoms with Crippen molar-refractivity contribution in [3.8, 4) is 0 Å². The van der Waals surface area contributed by atoms with Gasteiger partial charge < -0.3 is 4.74 Å². The van der Waals surface area contributed by atoms with Gasteiger partial charge in [-0.3, -0.25) is 0 Å². The van der Waals surface area contributed by atoms with Crippen molar-refractivity contribution in [2.75, 3.05) is 7.11 Å². The minimum absolute atomic E-state index is 0.201. The van der Waals surface area contributed by atoms with Crippen LogP contribution in [0.5, 0.6) is 0 Å². The van der Waals surface area contributed by atoms with Crippen LogP contribution in [0.1, 0.15) is 12.5 Å². The molecular weight excluding hydrogens is 332 g/mol. The number of methoxy groups -OCH3 is 1. The van der Waals surface area contributed by atoms with Gasteiger partial charge in [0.15, 0.2) is 0 Å². The van der Waals surface area contributed by atoms with Crippen LogP contribution < -0.4 is 0 Å². The minimum atomic E-state index is 0.201. The first-order valence-corrected chi connectivity index (χ1v) is 6.81. The lowest BCUT2D eigenvalue weighted by Crippen LogP contribution is -2.21. The van der Waals surface area contributed by atoms with Gasteiger partial charge in [0.2, 0.25) is 0 Å². The number of halogens is 2. The molecule has 0 spiro atoms. The molecule has 3 heteroatoms. The smallest absolute Gasteiger partial charge is 0.0672 e. The van der Waals surface area contributed by atoms with Gasteiger partial charge in [-0.05, 0) is 43.8 Å². The highest BCUT2D eigenvalue weighted by atomic mass is 79.9. The molecule has 1 nitrogen and oxygen atoms in total. The zero-order chi connectivity index (χ0) is 12.0. The van der Waals surface area contributed by atoms with Crippen LogP contribution in [0.4, 0.5) is 0 Å². The van der Waals surface area contributed by atoms with Gasteiger partial charge in [-0.25, -0.2) is 0 Å². The molecule has 2 atom stereocenters. The summed E-state index contributed by atoms with van der Waals surface area (Å²) in [5.41, 5.74) is 1.31. The van der Waals surface area contributed by atoms with Crippen LogP contribution in [0.25, 0.3) is 0 Å². The molecule has 88 valence electrons. The Morgan fingerprint density at radius 1 is 1.31 bits per heavy atom. The van der Waals surface area contributed by atoms with Crippen molar-refractivity contribution in [1.29, 1.82) is 0 Å². The molecule has 16 heavy (non-hydrogen) atoms. The second kappa shape index (κ2) is 7.25. The highest BCUT2D eigenvalue weighted by Crippen LogP contribution is 2.21. The van der Waals surface area contributed by atoms with E-state index in [0.29, 0.717) is 5.92 Å². The first-order valence-electron chi connectivity index (χ1n) is 5.23. The number of hydrogen-bond acceptors (Lipinski definition) is 1. The quantitative estimate of drug-likeness (QED) is 0.761. The highest BCUT2D eigenvalue weighted by Gasteiger charge is 2.15. The normalized spacial score (nSPS) is 14.2. The second-order valence-electron chi connectivity index (χ2n) is 3.78. The van der Waals surface area contributed by atoms with Gasteiger partial charge in [-0.1, -0.05) is 43.3 Å². The Morgan fingerprint density at radius 3 is 2.44 bits per heavy atom. The summed E-state index contributed by atoms with van der Waals surface area (Å²) in [6, 6.07) is 10.4. The summed E-state index contributed by atoms with van der Waals surface area (Å²) < 4.78 is 6.51. The van der Waals surface area contributed by atoms with Crippen molar-refractivity contribution in [2.45, 2.75) is 19.4 Å². The van der Waals surface area contributed by atoms with Crippen LogP contribution in [0.2, 0.25) is 0 Å². The monoisotopic (exact) mass is 346 g/mol. The average Bonchev–Trinajstić information content (AvgIpc) is 2.26. The van der Waals surface area contributed by atoms with Crippen LogP contribution in [0.3, 0.4) is 0 Å². The molecule has 0 saturated heterocycles. The molecule has 0 fully saturated rings. The maximum atomic E-state index is 5.53. The van der Waals surface area contributed by atoms with Crippen molar-refractivity contribution in [1.82, 2.24) is 0 Å². The summed E-state index contributed by atoms with van der Waals surface area (Å²) in [6.45, 7) is 2.15. The van der Waals surface area contributed by atoms with E-state index in [1.165, 1.54) is 5.56 Å². The average molecular weight is 348 g/mol. The predicted octanol–water partition coefficient (Wildman–Crippen LogP) is 4.51. The Hall–Kier alpha value is -0.120. The molecule has 0 aliphatic carbocycles. The number of hydrogen-bond donors (Lipinski definition) is 0. The molecule has 0 bridgehead atoms. The fourth-order valence-corrected chi connectivity index (χ4v) is 2.47. The molecule has 0 aliphatic rings. The molecule has 1 aromatic carbocycles. The van der Waals surface area contributed by atoms with E-state index in [4.69, 9.17) is 4.74 Å². The lowest BCUT2D eigenvalue weighted by molar-refractivity contribution is 0.0747. The summed E-state index contributed by atoms with van der Waals surface area (Å²) in [5.74, 6) is 0.360. The zero-order valence-corrected chi connectivity index (χ0v) is 12.7. The Morgan fingerprint density at radius 2 is 1.94 bits per heavy atom. The molecule has 0 aromatic heterocycles. The van der Waals surface area contributed by atoms with E-state index in [-0.39, 0.29) is 6.10 Å². The SMILES string of the molecule is CO[C@@H](Cc1ccccc1)[C@@H](C)C=C(Br)Br. The van der Waals surface area contributed by atoms with E-state index >= 15 is 0 Å². The molecule has 0 unspecified atom stereocenters. The molecule has 0 amide bonds. The van der Waals surface area contributed by atoms with E-state index in [9.17, 15) is 0 Å². The van der Waals surface area contributed by atoms with Crippen LogP contribution in [0, 0.1) is 5.92 Å². The Balaban J connectivity index is 2.66. The summed E-state index contributed by atoms with van der Waals surface area (Å²) >= 11 is 6.76. The standard InChI is InChI=1S/C13H16Br2O/c1-10(8-13(14)15)12(16-2)9-11-6-4-3-5-7-11/h3-8,10,12H,9H2,1-2H3/t10-,12-/m0/s1. The van der Waals surface area contributed by atoms with Gasteiger partial charge in [-0.2, -0.15) is 0 Å². The fraction of sp³-hybridized carbons (Fsp3) is 0.385. The fourth-order valence-electron chi connectivity index (χ4n) is 1.64. The third-order valence-electron chi connectivity index (χ3n) is 2.56. The largest absolute Gasteiger partial charge is 0.381 e. The zero-order valence-electron chi connectivity index (χ0n) is 9.49. The van der Waals surface area contributed by atoms with Crippen molar-refractivity contribution in [2.24, 2.45) is 5.92 Å². The summed E-state index contributed by atoms with van der Waals surface area (Å²) in [7, 11) is 1.76. The van der Waals surface area contributed by atoms with E-state index in [1.54, 1.807) is 7.11 Å². The van der Waals surface area contributed by atoms with E-state index in [0.717, 1.165) is 9.81 Å².